The monoisotopic (exact) mass is 348 g/mol. The maximum Gasteiger partial charge on any atom is 0.230 e. The van der Waals surface area contributed by atoms with Crippen molar-refractivity contribution in [2.24, 2.45) is 0 Å². The van der Waals surface area contributed by atoms with Gasteiger partial charge in [0.2, 0.25) is 5.91 Å². The summed E-state index contributed by atoms with van der Waals surface area (Å²) in [4.78, 5) is 17.7. The number of thiophene rings is 1. The summed E-state index contributed by atoms with van der Waals surface area (Å²) in [5.41, 5.74) is 1.14. The summed E-state index contributed by atoms with van der Waals surface area (Å²) in [6, 6.07) is 7.94. The predicted molar refractivity (Wildman–Crippen MR) is 90.7 cm³/mol. The second-order valence-corrected chi connectivity index (χ2v) is 6.50. The highest BCUT2D eigenvalue weighted by molar-refractivity contribution is 7.20. The number of thiazole rings is 1. The molecule has 0 atom stereocenters. The molecule has 3 rings (SSSR count). The van der Waals surface area contributed by atoms with E-state index >= 15 is 0 Å². The first-order valence-corrected chi connectivity index (χ1v) is 8.53. The number of nitrogens with zero attached hydrogens (tertiary/aromatic N) is 1. The Bertz CT molecular complexity index is 815. The Kier molecular flexibility index (Phi) is 4.68. The smallest absolute Gasteiger partial charge is 0.230 e. The number of ether oxygens (including phenoxy) is 1. The molecule has 1 aromatic carbocycles. The molecule has 7 heteroatoms. The molecule has 2 heterocycles. The molecular weight excluding hydrogens is 335 g/mol. The van der Waals surface area contributed by atoms with E-state index in [2.05, 4.69) is 10.3 Å². The van der Waals surface area contributed by atoms with Gasteiger partial charge < -0.3 is 10.1 Å². The Morgan fingerprint density at radius 3 is 2.96 bits per heavy atom. The van der Waals surface area contributed by atoms with Gasteiger partial charge in [-0.1, -0.05) is 6.07 Å². The average molecular weight is 348 g/mol. The largest absolute Gasteiger partial charge is 0.494 e. The van der Waals surface area contributed by atoms with Gasteiger partial charge in [0.1, 0.15) is 16.6 Å². The lowest BCUT2D eigenvalue weighted by Gasteiger charge is -2.09. The minimum atomic E-state index is -0.417. The van der Waals surface area contributed by atoms with Gasteiger partial charge in [0.25, 0.3) is 0 Å². The van der Waals surface area contributed by atoms with Crippen molar-refractivity contribution in [2.75, 3.05) is 12.4 Å². The van der Waals surface area contributed by atoms with Gasteiger partial charge in [-0.25, -0.2) is 9.37 Å². The Morgan fingerprint density at radius 1 is 1.35 bits per heavy atom. The Morgan fingerprint density at radius 2 is 2.22 bits per heavy atom. The van der Waals surface area contributed by atoms with Crippen LogP contribution in [0.2, 0.25) is 0 Å². The number of carbonyl (C=O) groups is 1. The minimum absolute atomic E-state index is 0.155. The van der Waals surface area contributed by atoms with Gasteiger partial charge in [0, 0.05) is 11.4 Å². The quantitative estimate of drug-likeness (QED) is 0.752. The molecule has 1 N–H and O–H groups in total. The Balaban J connectivity index is 1.68. The van der Waals surface area contributed by atoms with Crippen molar-refractivity contribution in [1.29, 1.82) is 0 Å². The molecule has 1 amide bonds. The molecule has 0 spiro atoms. The lowest BCUT2D eigenvalue weighted by atomic mass is 10.2. The van der Waals surface area contributed by atoms with Crippen LogP contribution in [0.5, 0.6) is 5.75 Å². The third-order valence-electron chi connectivity index (χ3n) is 3.06. The van der Waals surface area contributed by atoms with Crippen LogP contribution in [-0.2, 0) is 11.2 Å². The van der Waals surface area contributed by atoms with Crippen LogP contribution in [0.25, 0.3) is 9.88 Å². The fourth-order valence-electron chi connectivity index (χ4n) is 2.03. The van der Waals surface area contributed by atoms with Crippen molar-refractivity contribution in [3.05, 3.63) is 52.6 Å². The number of halogens is 1. The molecule has 0 bridgehead atoms. The van der Waals surface area contributed by atoms with Crippen molar-refractivity contribution in [3.63, 3.8) is 0 Å². The number of hydrogen-bond donors (Lipinski definition) is 1. The Labute approximate surface area is 140 Å². The first-order chi connectivity index (χ1) is 11.2. The number of amides is 1. The van der Waals surface area contributed by atoms with Gasteiger partial charge in [0.15, 0.2) is 0 Å². The number of benzene rings is 1. The van der Waals surface area contributed by atoms with Crippen LogP contribution in [0.15, 0.2) is 41.1 Å². The van der Waals surface area contributed by atoms with E-state index in [1.807, 2.05) is 22.9 Å². The van der Waals surface area contributed by atoms with Crippen LogP contribution in [0, 0.1) is 5.82 Å². The predicted octanol–water partition coefficient (Wildman–Crippen LogP) is 4.20. The fraction of sp³-hybridized carbons (Fsp3) is 0.125. The summed E-state index contributed by atoms with van der Waals surface area (Å²) in [7, 11) is 1.43. The van der Waals surface area contributed by atoms with E-state index in [4.69, 9.17) is 4.74 Å². The van der Waals surface area contributed by atoms with Gasteiger partial charge in [-0.05, 0) is 23.6 Å². The molecule has 4 nitrogen and oxygen atoms in total. The average Bonchev–Trinajstić information content (AvgIpc) is 3.20. The molecule has 0 aliphatic carbocycles. The number of hydrogen-bond acceptors (Lipinski definition) is 5. The van der Waals surface area contributed by atoms with E-state index in [0.29, 0.717) is 11.4 Å². The molecule has 2 aromatic heterocycles. The number of aromatic nitrogens is 1. The standard InChI is InChI=1S/C16H13FN2O2S2/c1-21-13-7-10(17)4-5-12(13)19-15(20)8-11-9-23-16(18-11)14-3-2-6-22-14/h2-7,9H,8H2,1H3,(H,19,20). The van der Waals surface area contributed by atoms with Crippen LogP contribution in [-0.4, -0.2) is 18.0 Å². The summed E-state index contributed by atoms with van der Waals surface area (Å²) in [5, 5.41) is 7.48. The van der Waals surface area contributed by atoms with Crippen LogP contribution >= 0.6 is 22.7 Å². The molecule has 0 unspecified atom stereocenters. The van der Waals surface area contributed by atoms with Gasteiger partial charge >= 0.3 is 0 Å². The zero-order valence-corrected chi connectivity index (χ0v) is 13.8. The summed E-state index contributed by atoms with van der Waals surface area (Å²) in [5.74, 6) is -0.353. The molecule has 0 aliphatic heterocycles. The summed E-state index contributed by atoms with van der Waals surface area (Å²) in [6.45, 7) is 0. The SMILES string of the molecule is COc1cc(F)ccc1NC(=O)Cc1csc(-c2cccs2)n1. The maximum atomic E-state index is 13.2. The van der Waals surface area contributed by atoms with E-state index in [9.17, 15) is 9.18 Å². The number of rotatable bonds is 5. The summed E-state index contributed by atoms with van der Waals surface area (Å²) >= 11 is 3.12. The van der Waals surface area contributed by atoms with E-state index in [-0.39, 0.29) is 18.1 Å². The lowest BCUT2D eigenvalue weighted by molar-refractivity contribution is -0.115. The van der Waals surface area contributed by atoms with Crippen LogP contribution in [0.3, 0.4) is 0 Å². The van der Waals surface area contributed by atoms with Gasteiger partial charge in [-0.15, -0.1) is 22.7 Å². The van der Waals surface area contributed by atoms with Crippen LogP contribution in [0.1, 0.15) is 5.69 Å². The highest BCUT2D eigenvalue weighted by Gasteiger charge is 2.12. The van der Waals surface area contributed by atoms with Gasteiger partial charge in [0.05, 0.1) is 29.8 Å². The second-order valence-electron chi connectivity index (χ2n) is 4.69. The first kappa shape index (κ1) is 15.6. The van der Waals surface area contributed by atoms with Crippen molar-refractivity contribution in [2.45, 2.75) is 6.42 Å². The van der Waals surface area contributed by atoms with Gasteiger partial charge in [-0.2, -0.15) is 0 Å². The minimum Gasteiger partial charge on any atom is -0.494 e. The van der Waals surface area contributed by atoms with E-state index in [1.54, 1.807) is 11.3 Å². The molecule has 0 saturated heterocycles. The Hall–Kier alpha value is -2.25. The van der Waals surface area contributed by atoms with E-state index < -0.39 is 5.82 Å². The molecule has 23 heavy (non-hydrogen) atoms. The van der Waals surface area contributed by atoms with Crippen molar-refractivity contribution >= 4 is 34.3 Å². The topological polar surface area (TPSA) is 51.2 Å². The molecule has 0 fully saturated rings. The van der Waals surface area contributed by atoms with E-state index in [1.165, 1.54) is 36.6 Å². The molecule has 3 aromatic rings. The molecule has 0 radical (unpaired) electrons. The van der Waals surface area contributed by atoms with Crippen molar-refractivity contribution < 1.29 is 13.9 Å². The zero-order chi connectivity index (χ0) is 16.2. The highest BCUT2D eigenvalue weighted by Crippen LogP contribution is 2.28. The van der Waals surface area contributed by atoms with E-state index in [0.717, 1.165) is 9.88 Å². The molecule has 0 aliphatic rings. The fourth-order valence-corrected chi connectivity index (χ4v) is 3.66. The van der Waals surface area contributed by atoms with Gasteiger partial charge in [-0.3, -0.25) is 4.79 Å². The van der Waals surface area contributed by atoms with Crippen LogP contribution < -0.4 is 10.1 Å². The zero-order valence-electron chi connectivity index (χ0n) is 12.2. The maximum absolute atomic E-state index is 13.2. The highest BCUT2D eigenvalue weighted by atomic mass is 32.1. The molecular formula is C16H13FN2O2S2. The van der Waals surface area contributed by atoms with Crippen molar-refractivity contribution in [1.82, 2.24) is 4.98 Å². The summed E-state index contributed by atoms with van der Waals surface area (Å²) in [6.07, 6.45) is 0.155. The molecule has 0 saturated carbocycles. The third kappa shape index (κ3) is 3.75. The third-order valence-corrected chi connectivity index (χ3v) is 4.99. The lowest BCUT2D eigenvalue weighted by Crippen LogP contribution is -2.15. The number of anilines is 1. The summed E-state index contributed by atoms with van der Waals surface area (Å²) < 4.78 is 18.2. The molecule has 118 valence electrons. The first-order valence-electron chi connectivity index (χ1n) is 6.77. The van der Waals surface area contributed by atoms with Crippen LogP contribution in [0.4, 0.5) is 10.1 Å². The second kappa shape index (κ2) is 6.89. The normalized spacial score (nSPS) is 10.5. The number of carbonyl (C=O) groups excluding carboxylic acids is 1. The number of methoxy groups -OCH3 is 1. The van der Waals surface area contributed by atoms with Crippen molar-refractivity contribution in [3.8, 4) is 15.6 Å². The number of nitrogens with one attached hydrogen (secondary N) is 1.